The molecular weight excluding hydrogens is 413 g/mol. The molecule has 0 aromatic heterocycles. The summed E-state index contributed by atoms with van der Waals surface area (Å²) in [6, 6.07) is 16.0. The number of hydrogen-bond donors (Lipinski definition) is 1. The highest BCUT2D eigenvalue weighted by Crippen LogP contribution is 2.36. The maximum atomic E-state index is 14.9. The lowest BCUT2D eigenvalue weighted by molar-refractivity contribution is 0.208. The van der Waals surface area contributed by atoms with Crippen molar-refractivity contribution in [2.24, 2.45) is 5.92 Å². The molecule has 2 atom stereocenters. The van der Waals surface area contributed by atoms with Crippen molar-refractivity contribution < 1.29 is 9.13 Å². The van der Waals surface area contributed by atoms with Crippen molar-refractivity contribution in [1.82, 2.24) is 10.2 Å². The van der Waals surface area contributed by atoms with E-state index < -0.39 is 0 Å². The van der Waals surface area contributed by atoms with Gasteiger partial charge in [-0.2, -0.15) is 0 Å². The molecule has 0 amide bonds. The molecular formula is C28H40FN3O. The first-order chi connectivity index (χ1) is 16.2. The highest BCUT2D eigenvalue weighted by atomic mass is 19.1. The van der Waals surface area contributed by atoms with Gasteiger partial charge in [-0.1, -0.05) is 49.6 Å². The second-order valence-corrected chi connectivity index (χ2v) is 9.63. The average molecular weight is 454 g/mol. The maximum Gasteiger partial charge on any atom is 0.142 e. The van der Waals surface area contributed by atoms with E-state index >= 15 is 0 Å². The molecule has 1 N–H and O–H groups in total. The Labute approximate surface area is 199 Å². The van der Waals surface area contributed by atoms with Crippen LogP contribution >= 0.6 is 0 Å². The summed E-state index contributed by atoms with van der Waals surface area (Å²) in [5.41, 5.74) is 2.06. The Hall–Kier alpha value is -2.11. The third kappa shape index (κ3) is 5.88. The number of anilines is 1. The zero-order valence-electron chi connectivity index (χ0n) is 20.3. The van der Waals surface area contributed by atoms with Gasteiger partial charge in [0, 0.05) is 38.1 Å². The largest absolute Gasteiger partial charge is 0.495 e. The van der Waals surface area contributed by atoms with Gasteiger partial charge in [0.05, 0.1) is 12.8 Å². The molecule has 0 bridgehead atoms. The summed E-state index contributed by atoms with van der Waals surface area (Å²) in [6.07, 6.45) is 7.45. The monoisotopic (exact) mass is 453 g/mol. The first-order valence-electron chi connectivity index (χ1n) is 12.7. The van der Waals surface area contributed by atoms with E-state index in [-0.39, 0.29) is 11.7 Å². The van der Waals surface area contributed by atoms with E-state index in [1.807, 2.05) is 30.3 Å². The van der Waals surface area contributed by atoms with Gasteiger partial charge in [-0.15, -0.1) is 0 Å². The van der Waals surface area contributed by atoms with Gasteiger partial charge in [0.25, 0.3) is 0 Å². The molecule has 0 spiro atoms. The van der Waals surface area contributed by atoms with Gasteiger partial charge in [0.1, 0.15) is 11.6 Å². The Kier molecular flexibility index (Phi) is 8.63. The summed E-state index contributed by atoms with van der Waals surface area (Å²) in [5.74, 6) is 1.72. The van der Waals surface area contributed by atoms with E-state index in [9.17, 15) is 4.39 Å². The lowest BCUT2D eigenvalue weighted by Gasteiger charge is -2.39. The summed E-state index contributed by atoms with van der Waals surface area (Å²) in [7, 11) is 3.81. The van der Waals surface area contributed by atoms with E-state index in [4.69, 9.17) is 4.74 Å². The van der Waals surface area contributed by atoms with Crippen molar-refractivity contribution in [3.05, 3.63) is 59.9 Å². The summed E-state index contributed by atoms with van der Waals surface area (Å²) in [6.45, 7) is 5.03. The molecule has 4 nitrogen and oxygen atoms in total. The number of hydrogen-bond acceptors (Lipinski definition) is 4. The van der Waals surface area contributed by atoms with E-state index in [0.717, 1.165) is 50.5 Å². The molecule has 1 aliphatic heterocycles. The van der Waals surface area contributed by atoms with Crippen LogP contribution in [0.5, 0.6) is 5.75 Å². The summed E-state index contributed by atoms with van der Waals surface area (Å²) in [4.78, 5) is 4.97. The minimum absolute atomic E-state index is 0.0560. The summed E-state index contributed by atoms with van der Waals surface area (Å²) >= 11 is 0. The fourth-order valence-corrected chi connectivity index (χ4v) is 5.99. The van der Waals surface area contributed by atoms with Crippen LogP contribution in [-0.2, 0) is 0 Å². The van der Waals surface area contributed by atoms with Gasteiger partial charge in [0.15, 0.2) is 0 Å². The van der Waals surface area contributed by atoms with Gasteiger partial charge in [-0.25, -0.2) is 4.39 Å². The first-order valence-corrected chi connectivity index (χ1v) is 12.7. The third-order valence-corrected chi connectivity index (χ3v) is 7.78. The Morgan fingerprint density at radius 3 is 2.36 bits per heavy atom. The van der Waals surface area contributed by atoms with Gasteiger partial charge < -0.3 is 15.0 Å². The number of rotatable bonds is 9. The topological polar surface area (TPSA) is 27.7 Å². The van der Waals surface area contributed by atoms with Crippen molar-refractivity contribution in [3.8, 4) is 5.75 Å². The molecule has 1 heterocycles. The maximum absolute atomic E-state index is 14.9. The smallest absolute Gasteiger partial charge is 0.142 e. The normalized spacial score (nSPS) is 19.9. The fraction of sp³-hybridized carbons (Fsp3) is 0.571. The third-order valence-electron chi connectivity index (χ3n) is 7.78. The molecule has 2 fully saturated rings. The fourth-order valence-electron chi connectivity index (χ4n) is 5.99. The molecule has 0 radical (unpaired) electrons. The number of methoxy groups -OCH3 is 1. The minimum atomic E-state index is -0.0560. The van der Waals surface area contributed by atoms with Crippen LogP contribution in [0.1, 0.15) is 50.0 Å². The van der Waals surface area contributed by atoms with Crippen LogP contribution in [0, 0.1) is 11.7 Å². The van der Waals surface area contributed by atoms with Crippen molar-refractivity contribution >= 4 is 5.69 Å². The van der Waals surface area contributed by atoms with Crippen LogP contribution in [0.3, 0.4) is 0 Å². The molecule has 2 aliphatic rings. The van der Waals surface area contributed by atoms with E-state index in [1.54, 1.807) is 13.2 Å². The van der Waals surface area contributed by atoms with Gasteiger partial charge in [-0.3, -0.25) is 4.90 Å². The number of likely N-dealkylation sites (N-methyl/N-ethyl adjacent to an activating group) is 1. The highest BCUT2D eigenvalue weighted by molar-refractivity contribution is 5.58. The summed E-state index contributed by atoms with van der Waals surface area (Å²) < 4.78 is 20.5. The van der Waals surface area contributed by atoms with E-state index in [2.05, 4.69) is 34.3 Å². The number of para-hydroxylation sites is 2. The Bertz CT molecular complexity index is 862. The van der Waals surface area contributed by atoms with Gasteiger partial charge in [-0.05, 0) is 62.5 Å². The van der Waals surface area contributed by atoms with Crippen molar-refractivity contribution in [2.75, 3.05) is 51.8 Å². The lowest BCUT2D eigenvalue weighted by atomic mass is 9.75. The molecule has 1 aliphatic carbocycles. The average Bonchev–Trinajstić information content (AvgIpc) is 2.88. The predicted octanol–water partition coefficient (Wildman–Crippen LogP) is 5.30. The predicted molar refractivity (Wildman–Crippen MR) is 135 cm³/mol. The number of halogens is 1. The molecule has 1 saturated carbocycles. The van der Waals surface area contributed by atoms with E-state index in [0.29, 0.717) is 12.0 Å². The Morgan fingerprint density at radius 1 is 0.970 bits per heavy atom. The molecule has 33 heavy (non-hydrogen) atoms. The number of piperazine rings is 1. The summed E-state index contributed by atoms with van der Waals surface area (Å²) in [5, 5.41) is 3.62. The molecule has 1 saturated heterocycles. The Morgan fingerprint density at radius 2 is 1.67 bits per heavy atom. The molecule has 2 aromatic carbocycles. The van der Waals surface area contributed by atoms with Crippen molar-refractivity contribution in [3.63, 3.8) is 0 Å². The number of nitrogens with zero attached hydrogens (tertiary/aromatic N) is 2. The van der Waals surface area contributed by atoms with Crippen LogP contribution in [0.15, 0.2) is 48.5 Å². The van der Waals surface area contributed by atoms with Crippen LogP contribution < -0.4 is 15.0 Å². The quantitative estimate of drug-likeness (QED) is 0.558. The molecule has 5 heteroatoms. The van der Waals surface area contributed by atoms with Gasteiger partial charge in [0.2, 0.25) is 0 Å². The van der Waals surface area contributed by atoms with Crippen LogP contribution in [0.4, 0.5) is 10.1 Å². The SMILES string of the molecule is CNC(C1CCCCC1)C(CCN1CCN(c2ccccc2OC)CC1)c1ccccc1F. The molecule has 180 valence electrons. The molecule has 2 unspecified atom stereocenters. The van der Waals surface area contributed by atoms with Crippen molar-refractivity contribution in [2.45, 2.75) is 50.5 Å². The second kappa shape index (κ2) is 11.8. The van der Waals surface area contributed by atoms with Crippen molar-refractivity contribution in [1.29, 1.82) is 0 Å². The first kappa shape index (κ1) is 24.0. The number of benzene rings is 2. The number of nitrogens with one attached hydrogen (secondary N) is 1. The lowest BCUT2D eigenvalue weighted by Crippen LogP contribution is -2.48. The van der Waals surface area contributed by atoms with E-state index in [1.165, 1.54) is 37.8 Å². The van der Waals surface area contributed by atoms with Crippen LogP contribution in [0.2, 0.25) is 0 Å². The zero-order valence-corrected chi connectivity index (χ0v) is 20.3. The Balaban J connectivity index is 1.41. The second-order valence-electron chi connectivity index (χ2n) is 9.63. The van der Waals surface area contributed by atoms with Crippen LogP contribution in [-0.4, -0.2) is 57.8 Å². The highest BCUT2D eigenvalue weighted by Gasteiger charge is 2.32. The van der Waals surface area contributed by atoms with Gasteiger partial charge >= 0.3 is 0 Å². The standard InChI is InChI=1S/C28H40FN3O/c1-30-28(22-10-4-3-5-11-22)24(23-12-6-7-13-25(23)29)16-17-31-18-20-32(21-19-31)26-14-8-9-15-27(26)33-2/h6-9,12-15,22,24,28,30H,3-5,10-11,16-21H2,1-2H3. The molecule has 4 rings (SSSR count). The molecule has 2 aromatic rings. The van der Waals surface area contributed by atoms with Crippen LogP contribution in [0.25, 0.3) is 0 Å². The minimum Gasteiger partial charge on any atom is -0.495 e. The zero-order chi connectivity index (χ0) is 23.0. The number of ether oxygens (including phenoxy) is 1.